The molecule has 0 amide bonds. The van der Waals surface area contributed by atoms with E-state index in [0.29, 0.717) is 18.4 Å². The molecule has 20 heavy (non-hydrogen) atoms. The first kappa shape index (κ1) is 15.2. The maximum atomic E-state index is 6.20. The molecule has 0 aliphatic rings. The third-order valence-corrected chi connectivity index (χ3v) is 4.51. The highest BCUT2D eigenvalue weighted by atomic mass is 35.5. The monoisotopic (exact) mass is 308 g/mol. The number of halogens is 2. The molecule has 0 heterocycles. The molecule has 0 atom stereocenters. The zero-order chi connectivity index (χ0) is 14.3. The predicted molar refractivity (Wildman–Crippen MR) is 86.1 cm³/mol. The largest absolute Gasteiger partial charge is 0.494 e. The fourth-order valence-electron chi connectivity index (χ4n) is 2.14. The number of hydrogen-bond acceptors (Lipinski definition) is 1. The maximum absolute atomic E-state index is 6.20. The molecule has 0 radical (unpaired) electrons. The molecule has 0 spiro atoms. The molecule has 0 unspecified atom stereocenters. The lowest BCUT2D eigenvalue weighted by atomic mass is 9.81. The summed E-state index contributed by atoms with van der Waals surface area (Å²) in [6.07, 6.45) is 0.791. The third-order valence-electron chi connectivity index (χ3n) is 3.49. The second-order valence-corrected chi connectivity index (χ2v) is 5.36. The number of rotatable bonds is 7. The average Bonchev–Trinajstić information content (AvgIpc) is 2.54. The van der Waals surface area contributed by atoms with E-state index in [-0.39, 0.29) is 5.41 Å². The van der Waals surface area contributed by atoms with Gasteiger partial charge in [0.1, 0.15) is 5.75 Å². The lowest BCUT2D eigenvalue weighted by Gasteiger charge is -2.30. The average molecular weight is 309 g/mol. The van der Waals surface area contributed by atoms with E-state index in [9.17, 15) is 0 Å². The van der Waals surface area contributed by atoms with Crippen LogP contribution in [0.3, 0.4) is 0 Å². The van der Waals surface area contributed by atoms with Gasteiger partial charge in [-0.2, -0.15) is 0 Å². The highest BCUT2D eigenvalue weighted by molar-refractivity contribution is 6.22. The van der Waals surface area contributed by atoms with Gasteiger partial charge in [0.15, 0.2) is 0 Å². The Morgan fingerprint density at radius 3 is 1.90 bits per heavy atom. The van der Waals surface area contributed by atoms with Gasteiger partial charge in [-0.3, -0.25) is 0 Å². The normalized spacial score (nSPS) is 11.3. The van der Waals surface area contributed by atoms with Crippen molar-refractivity contribution in [3.63, 3.8) is 0 Å². The molecule has 2 aromatic rings. The fourth-order valence-corrected chi connectivity index (χ4v) is 3.00. The van der Waals surface area contributed by atoms with Crippen molar-refractivity contribution in [3.8, 4) is 5.75 Å². The molecule has 2 rings (SSSR count). The fraction of sp³-hybridized carbons (Fsp3) is 0.294. The van der Waals surface area contributed by atoms with Gasteiger partial charge in [0, 0.05) is 17.2 Å². The summed E-state index contributed by atoms with van der Waals surface area (Å²) in [5, 5.41) is 0. The zero-order valence-electron chi connectivity index (χ0n) is 11.3. The standard InChI is InChI=1S/C17H18Cl2O/c18-13-17(14-19,15-7-3-1-4-8-15)11-12-20-16-9-5-2-6-10-16/h1-10H,11-14H2. The summed E-state index contributed by atoms with van der Waals surface area (Å²) in [6.45, 7) is 0.596. The summed E-state index contributed by atoms with van der Waals surface area (Å²) in [5.74, 6) is 1.84. The van der Waals surface area contributed by atoms with Crippen LogP contribution in [0, 0.1) is 0 Å². The van der Waals surface area contributed by atoms with Crippen LogP contribution in [0.1, 0.15) is 12.0 Å². The molecule has 2 aromatic carbocycles. The van der Waals surface area contributed by atoms with E-state index in [1.165, 1.54) is 5.56 Å². The third kappa shape index (κ3) is 3.68. The minimum atomic E-state index is -0.237. The maximum Gasteiger partial charge on any atom is 0.119 e. The summed E-state index contributed by atoms with van der Waals surface area (Å²) >= 11 is 12.4. The highest BCUT2D eigenvalue weighted by Gasteiger charge is 2.30. The van der Waals surface area contributed by atoms with Crippen molar-refractivity contribution in [2.24, 2.45) is 0 Å². The molecule has 0 fully saturated rings. The summed E-state index contributed by atoms with van der Waals surface area (Å²) in [6, 6.07) is 20.0. The minimum Gasteiger partial charge on any atom is -0.494 e. The molecular weight excluding hydrogens is 291 g/mol. The van der Waals surface area contributed by atoms with Crippen molar-refractivity contribution in [1.82, 2.24) is 0 Å². The van der Waals surface area contributed by atoms with E-state index in [1.54, 1.807) is 0 Å². The number of para-hydroxylation sites is 1. The van der Waals surface area contributed by atoms with Crippen molar-refractivity contribution >= 4 is 23.2 Å². The van der Waals surface area contributed by atoms with Crippen molar-refractivity contribution in [1.29, 1.82) is 0 Å². The second-order valence-electron chi connectivity index (χ2n) is 4.83. The first-order chi connectivity index (χ1) is 9.80. The SMILES string of the molecule is ClCC(CCl)(CCOc1ccccc1)c1ccccc1. The van der Waals surface area contributed by atoms with Crippen molar-refractivity contribution in [2.75, 3.05) is 18.4 Å². The summed E-state index contributed by atoms with van der Waals surface area (Å²) in [7, 11) is 0. The van der Waals surface area contributed by atoms with Gasteiger partial charge in [-0.15, -0.1) is 23.2 Å². The Morgan fingerprint density at radius 1 is 0.800 bits per heavy atom. The number of benzene rings is 2. The molecule has 0 bridgehead atoms. The van der Waals surface area contributed by atoms with Crippen LogP contribution < -0.4 is 4.74 Å². The van der Waals surface area contributed by atoms with Crippen LogP contribution in [0.15, 0.2) is 60.7 Å². The number of hydrogen-bond donors (Lipinski definition) is 0. The van der Waals surface area contributed by atoms with E-state index in [1.807, 2.05) is 48.5 Å². The first-order valence-corrected chi connectivity index (χ1v) is 7.73. The predicted octanol–water partition coefficient (Wildman–Crippen LogP) is 4.87. The Bertz CT molecular complexity index is 495. The highest BCUT2D eigenvalue weighted by Crippen LogP contribution is 2.31. The molecule has 0 aliphatic carbocycles. The molecule has 0 aromatic heterocycles. The zero-order valence-corrected chi connectivity index (χ0v) is 12.8. The van der Waals surface area contributed by atoms with Crippen molar-refractivity contribution in [3.05, 3.63) is 66.2 Å². The number of alkyl halides is 2. The van der Waals surface area contributed by atoms with Gasteiger partial charge in [-0.1, -0.05) is 48.5 Å². The van der Waals surface area contributed by atoms with Gasteiger partial charge in [0.2, 0.25) is 0 Å². The lowest BCUT2D eigenvalue weighted by Crippen LogP contribution is -2.32. The van der Waals surface area contributed by atoms with Crippen molar-refractivity contribution in [2.45, 2.75) is 11.8 Å². The van der Waals surface area contributed by atoms with Crippen molar-refractivity contribution < 1.29 is 4.74 Å². The Labute approximate surface area is 130 Å². The molecule has 106 valence electrons. The van der Waals surface area contributed by atoms with Gasteiger partial charge in [-0.25, -0.2) is 0 Å². The van der Waals surface area contributed by atoms with Crippen LogP contribution >= 0.6 is 23.2 Å². The van der Waals surface area contributed by atoms with Crippen LogP contribution in [0.5, 0.6) is 5.75 Å². The van der Waals surface area contributed by atoms with Crippen LogP contribution in [0.25, 0.3) is 0 Å². The van der Waals surface area contributed by atoms with Gasteiger partial charge < -0.3 is 4.74 Å². The Balaban J connectivity index is 2.03. The van der Waals surface area contributed by atoms with Gasteiger partial charge >= 0.3 is 0 Å². The van der Waals surface area contributed by atoms with Gasteiger partial charge in [-0.05, 0) is 24.1 Å². The molecule has 0 N–H and O–H groups in total. The Hall–Kier alpha value is -1.18. The van der Waals surface area contributed by atoms with Crippen LogP contribution in [-0.4, -0.2) is 18.4 Å². The van der Waals surface area contributed by atoms with Gasteiger partial charge in [0.25, 0.3) is 0 Å². The first-order valence-electron chi connectivity index (χ1n) is 6.66. The number of ether oxygens (including phenoxy) is 1. The van der Waals surface area contributed by atoms with Crippen LogP contribution in [-0.2, 0) is 5.41 Å². The summed E-state index contributed by atoms with van der Waals surface area (Å²) in [5.41, 5.74) is 0.931. The Morgan fingerprint density at radius 2 is 1.35 bits per heavy atom. The summed E-state index contributed by atoms with van der Waals surface area (Å²) in [4.78, 5) is 0. The molecule has 0 saturated heterocycles. The van der Waals surface area contributed by atoms with E-state index in [2.05, 4.69) is 12.1 Å². The van der Waals surface area contributed by atoms with Crippen LogP contribution in [0.2, 0.25) is 0 Å². The minimum absolute atomic E-state index is 0.237. The smallest absolute Gasteiger partial charge is 0.119 e. The van der Waals surface area contributed by atoms with E-state index in [4.69, 9.17) is 27.9 Å². The van der Waals surface area contributed by atoms with E-state index >= 15 is 0 Å². The topological polar surface area (TPSA) is 9.23 Å². The quantitative estimate of drug-likeness (QED) is 0.663. The summed E-state index contributed by atoms with van der Waals surface area (Å²) < 4.78 is 5.77. The van der Waals surface area contributed by atoms with E-state index < -0.39 is 0 Å². The lowest BCUT2D eigenvalue weighted by molar-refractivity contribution is 0.275. The van der Waals surface area contributed by atoms with Gasteiger partial charge in [0.05, 0.1) is 6.61 Å². The molecule has 0 aliphatic heterocycles. The molecule has 1 nitrogen and oxygen atoms in total. The van der Waals surface area contributed by atoms with Crippen LogP contribution in [0.4, 0.5) is 0 Å². The second kappa shape index (κ2) is 7.56. The van der Waals surface area contributed by atoms with E-state index in [0.717, 1.165) is 12.2 Å². The molecule has 3 heteroatoms. The molecule has 0 saturated carbocycles. The molecular formula is C17H18Cl2O. The Kier molecular flexibility index (Phi) is 5.75.